The van der Waals surface area contributed by atoms with Crippen molar-refractivity contribution < 1.29 is 9.25 Å². The molecule has 0 bridgehead atoms. The quantitative estimate of drug-likeness (QED) is 0.378. The van der Waals surface area contributed by atoms with Crippen molar-refractivity contribution in [3.8, 4) is 17.0 Å². The van der Waals surface area contributed by atoms with Crippen molar-refractivity contribution >= 4 is 5.52 Å². The Morgan fingerprint density at radius 2 is 1.81 bits per heavy atom. The highest BCUT2D eigenvalue weighted by Gasteiger charge is 2.21. The Bertz CT molecular complexity index is 935. The van der Waals surface area contributed by atoms with Crippen molar-refractivity contribution in [1.29, 1.82) is 0 Å². The molecule has 21 heavy (non-hydrogen) atoms. The lowest BCUT2D eigenvalue weighted by Crippen LogP contribution is -2.40. The van der Waals surface area contributed by atoms with Gasteiger partial charge in [-0.2, -0.15) is 0 Å². The maximum atomic E-state index is 12.2. The normalized spacial score (nSPS) is 10.9. The van der Waals surface area contributed by atoms with Crippen LogP contribution in [0.3, 0.4) is 0 Å². The molecule has 0 amide bonds. The number of H-pyrrole nitrogens is 1. The van der Waals surface area contributed by atoms with Crippen LogP contribution in [0.1, 0.15) is 0 Å². The Labute approximate surface area is 117 Å². The Hall–Kier alpha value is -3.23. The summed E-state index contributed by atoms with van der Waals surface area (Å²) in [6.45, 7) is 0. The van der Waals surface area contributed by atoms with Crippen molar-refractivity contribution in [2.24, 2.45) is 0 Å². The van der Waals surface area contributed by atoms with Gasteiger partial charge in [0.05, 0.1) is 7.11 Å². The third-order valence-corrected chi connectivity index (χ3v) is 3.20. The minimum absolute atomic E-state index is 0.155. The molecule has 9 heteroatoms. The number of aromatic amines is 1. The third-order valence-electron chi connectivity index (χ3n) is 3.20. The van der Waals surface area contributed by atoms with Crippen LogP contribution in [-0.4, -0.2) is 21.8 Å². The number of nitrogens with zero attached hydrogens (tertiary/aromatic N) is 3. The summed E-state index contributed by atoms with van der Waals surface area (Å²) in [5, 5.41) is 2.53. The van der Waals surface area contributed by atoms with E-state index in [0.717, 1.165) is 4.68 Å². The van der Waals surface area contributed by atoms with Gasteiger partial charge in [0.15, 0.2) is 0 Å². The van der Waals surface area contributed by atoms with Gasteiger partial charge < -0.3 is 10.6 Å². The average molecular weight is 289 g/mol. The molecule has 3 aromatic rings. The van der Waals surface area contributed by atoms with E-state index in [1.165, 1.54) is 10.7 Å². The van der Waals surface area contributed by atoms with E-state index < -0.39 is 11.1 Å². The van der Waals surface area contributed by atoms with E-state index in [9.17, 15) is 9.59 Å². The topological polar surface area (TPSA) is 125 Å². The highest BCUT2D eigenvalue weighted by atomic mass is 16.5. The summed E-state index contributed by atoms with van der Waals surface area (Å²) in [7, 11) is 1.56. The lowest BCUT2D eigenvalue weighted by Gasteiger charge is -2.06. The number of rotatable bonds is 2. The zero-order valence-corrected chi connectivity index (χ0v) is 11.1. The highest BCUT2D eigenvalue weighted by Crippen LogP contribution is 2.19. The second-order valence-corrected chi connectivity index (χ2v) is 4.41. The van der Waals surface area contributed by atoms with Gasteiger partial charge in [-0.15, -0.1) is 4.52 Å². The number of methoxy groups -OCH3 is 1. The third kappa shape index (κ3) is 1.83. The van der Waals surface area contributed by atoms with Crippen molar-refractivity contribution in [2.75, 3.05) is 18.8 Å². The summed E-state index contributed by atoms with van der Waals surface area (Å²) in [4.78, 5) is 24.6. The number of nitrogens with two attached hydrogens (primary N) is 2. The van der Waals surface area contributed by atoms with Gasteiger partial charge in [0, 0.05) is 5.56 Å². The summed E-state index contributed by atoms with van der Waals surface area (Å²) in [5.74, 6) is 11.9. The van der Waals surface area contributed by atoms with Crippen LogP contribution in [0.2, 0.25) is 0 Å². The van der Waals surface area contributed by atoms with E-state index >= 15 is 0 Å². The first kappa shape index (κ1) is 12.8. The van der Waals surface area contributed by atoms with Gasteiger partial charge in [-0.3, -0.25) is 4.79 Å². The van der Waals surface area contributed by atoms with E-state index in [2.05, 4.69) is 5.21 Å². The van der Waals surface area contributed by atoms with Gasteiger partial charge in [-0.05, 0) is 29.1 Å². The molecule has 9 nitrogen and oxygen atoms in total. The van der Waals surface area contributed by atoms with Gasteiger partial charge in [-0.1, -0.05) is 5.21 Å². The van der Waals surface area contributed by atoms with Crippen LogP contribution in [0.5, 0.6) is 5.75 Å². The molecule has 0 spiro atoms. The number of aromatic nitrogens is 4. The lowest BCUT2D eigenvalue weighted by molar-refractivity contribution is -0.584. The van der Waals surface area contributed by atoms with Crippen LogP contribution in [0, 0.1) is 0 Å². The highest BCUT2D eigenvalue weighted by molar-refractivity contribution is 5.60. The van der Waals surface area contributed by atoms with Gasteiger partial charge in [0.25, 0.3) is 0 Å². The van der Waals surface area contributed by atoms with Crippen molar-refractivity contribution in [2.45, 2.75) is 0 Å². The molecule has 2 aromatic heterocycles. The molecule has 0 saturated carbocycles. The molecule has 0 aliphatic rings. The molecule has 3 rings (SSSR count). The van der Waals surface area contributed by atoms with E-state index in [1.807, 2.05) is 0 Å². The van der Waals surface area contributed by atoms with E-state index in [0.29, 0.717) is 21.8 Å². The number of hydrogen-bond acceptors (Lipinski definition) is 5. The van der Waals surface area contributed by atoms with Gasteiger partial charge in [-0.25, -0.2) is 15.3 Å². The summed E-state index contributed by atoms with van der Waals surface area (Å²) in [6.07, 6.45) is 1.52. The van der Waals surface area contributed by atoms with Crippen LogP contribution < -0.4 is 32.1 Å². The molecule has 0 radical (unpaired) electrons. The molecule has 0 aliphatic carbocycles. The number of nitrogen functional groups attached to an aromatic ring is 2. The number of hydrogen-bond donors (Lipinski definition) is 3. The summed E-state index contributed by atoms with van der Waals surface area (Å²) >= 11 is 0. The zero-order valence-electron chi connectivity index (χ0n) is 11.1. The lowest BCUT2D eigenvalue weighted by atomic mass is 10.1. The zero-order chi connectivity index (χ0) is 15.1. The van der Waals surface area contributed by atoms with E-state index in [4.69, 9.17) is 16.4 Å². The molecule has 0 unspecified atom stereocenters. The summed E-state index contributed by atoms with van der Waals surface area (Å²) < 4.78 is 7.23. The Balaban J connectivity index is 2.30. The molecule has 5 N–H and O–H groups in total. The fourth-order valence-corrected chi connectivity index (χ4v) is 2.10. The molecule has 0 atom stereocenters. The molecule has 0 aliphatic heterocycles. The second kappa shape index (κ2) is 4.40. The molecular weight excluding hydrogens is 276 g/mol. The minimum atomic E-state index is -0.652. The Morgan fingerprint density at radius 1 is 1.14 bits per heavy atom. The van der Waals surface area contributed by atoms with Crippen LogP contribution >= 0.6 is 0 Å². The predicted octanol–water partition coefficient (Wildman–Crippen LogP) is -1.82. The van der Waals surface area contributed by atoms with Crippen LogP contribution in [0.4, 0.5) is 0 Å². The maximum absolute atomic E-state index is 12.2. The first-order chi connectivity index (χ1) is 10.0. The molecular formula is C12H13N6O3+. The molecule has 0 fully saturated rings. The first-order valence-corrected chi connectivity index (χ1v) is 6.00. The summed E-state index contributed by atoms with van der Waals surface area (Å²) in [5.41, 5.74) is -0.344. The number of ether oxygens (including phenoxy) is 1. The molecule has 2 heterocycles. The average Bonchev–Trinajstić information content (AvgIpc) is 2.78. The van der Waals surface area contributed by atoms with Gasteiger partial charge >= 0.3 is 16.6 Å². The largest absolute Gasteiger partial charge is 0.497 e. The fraction of sp³-hybridized carbons (Fsp3) is 0.0833. The van der Waals surface area contributed by atoms with E-state index in [-0.39, 0.29) is 5.52 Å². The smallest absolute Gasteiger partial charge is 0.430 e. The maximum Gasteiger partial charge on any atom is 0.430 e. The number of benzene rings is 1. The first-order valence-electron chi connectivity index (χ1n) is 6.00. The monoisotopic (exact) mass is 289 g/mol. The van der Waals surface area contributed by atoms with Crippen molar-refractivity contribution in [3.05, 3.63) is 51.2 Å². The fourth-order valence-electron chi connectivity index (χ4n) is 2.10. The predicted molar refractivity (Wildman–Crippen MR) is 74.8 cm³/mol. The SMILES string of the molecule is COc1ccc(-c2c[n+]3[nH]n(N)c(=O)c3c(=O)n2N)cc1. The van der Waals surface area contributed by atoms with Crippen LogP contribution in [0.15, 0.2) is 40.1 Å². The number of nitrogens with one attached hydrogen (secondary N) is 1. The molecule has 1 aromatic carbocycles. The van der Waals surface area contributed by atoms with Gasteiger partial charge in [0.2, 0.25) is 0 Å². The van der Waals surface area contributed by atoms with Crippen LogP contribution in [-0.2, 0) is 0 Å². The minimum Gasteiger partial charge on any atom is -0.497 e. The Morgan fingerprint density at radius 3 is 2.43 bits per heavy atom. The summed E-state index contributed by atoms with van der Waals surface area (Å²) in [6, 6.07) is 6.98. The molecule has 108 valence electrons. The number of fused-ring (bicyclic) bond motifs is 1. The molecule has 0 saturated heterocycles. The van der Waals surface area contributed by atoms with Crippen molar-refractivity contribution in [3.63, 3.8) is 0 Å². The van der Waals surface area contributed by atoms with Crippen molar-refractivity contribution in [1.82, 2.24) is 14.7 Å². The standard InChI is InChI=1S/C12H12N6O3/c1-21-8-4-2-7(3-5-8)9-6-16-10(11(19)17(9)13)12(20)18(14)15-16/h2-6H,13H2,1H3,(H2-,14,15,19,20)/p+1. The van der Waals surface area contributed by atoms with Gasteiger partial charge in [0.1, 0.15) is 17.6 Å². The second-order valence-electron chi connectivity index (χ2n) is 4.41. The van der Waals surface area contributed by atoms with Crippen LogP contribution in [0.25, 0.3) is 16.8 Å². The van der Waals surface area contributed by atoms with E-state index in [1.54, 1.807) is 31.4 Å². The Kier molecular flexibility index (Phi) is 2.68.